The van der Waals surface area contributed by atoms with Gasteiger partial charge in [-0.05, 0) is 60.7 Å². The molecule has 2 saturated heterocycles. The first-order valence-corrected chi connectivity index (χ1v) is 14.3. The predicted octanol–water partition coefficient (Wildman–Crippen LogP) is 5.10. The van der Waals surface area contributed by atoms with E-state index in [4.69, 9.17) is 16.3 Å². The number of allylic oxidation sites excluding steroid dienone is 2. The second-order valence-electron chi connectivity index (χ2n) is 11.3. The fourth-order valence-electron chi connectivity index (χ4n) is 7.56. The lowest BCUT2D eigenvalue weighted by Gasteiger charge is -2.44. The highest BCUT2D eigenvalue weighted by Gasteiger charge is 2.62. The molecule has 2 aliphatic carbocycles. The van der Waals surface area contributed by atoms with Gasteiger partial charge in [0.25, 0.3) is 0 Å². The molecule has 8 nitrogen and oxygen atoms in total. The standard InChI is InChI=1S/C33H27ClN2O6/c1-42-25-15-17(14-24(34)29(25)37)26-20-12-13-21-27(32(40)35(30(21)38)18-8-4-2-5-9-18)22(20)16-23-28(26)33(41)36(31(23)39)19-10-6-3-7-11-19/h2-12,14-15,21-23,26-28,37H,13,16H2,1H3. The fraction of sp³-hybridized carbons (Fsp3) is 0.273. The van der Waals surface area contributed by atoms with Crippen LogP contribution in [-0.2, 0) is 19.2 Å². The van der Waals surface area contributed by atoms with Crippen LogP contribution < -0.4 is 14.5 Å². The van der Waals surface area contributed by atoms with E-state index < -0.39 is 35.5 Å². The molecule has 3 aromatic rings. The molecule has 2 heterocycles. The summed E-state index contributed by atoms with van der Waals surface area (Å²) < 4.78 is 5.38. The Bertz CT molecular complexity index is 1670. The molecule has 1 N–H and O–H groups in total. The van der Waals surface area contributed by atoms with Crippen LogP contribution in [0.3, 0.4) is 0 Å². The van der Waals surface area contributed by atoms with E-state index in [0.717, 1.165) is 5.57 Å². The molecule has 7 rings (SSSR count). The minimum Gasteiger partial charge on any atom is -0.503 e. The summed E-state index contributed by atoms with van der Waals surface area (Å²) in [6.45, 7) is 0. The van der Waals surface area contributed by atoms with Crippen LogP contribution in [0.4, 0.5) is 11.4 Å². The van der Waals surface area contributed by atoms with E-state index in [-0.39, 0.29) is 46.6 Å². The van der Waals surface area contributed by atoms with E-state index >= 15 is 0 Å². The second kappa shape index (κ2) is 9.84. The molecule has 6 atom stereocenters. The summed E-state index contributed by atoms with van der Waals surface area (Å²) >= 11 is 6.43. The maximum absolute atomic E-state index is 14.1. The lowest BCUT2D eigenvalue weighted by molar-refractivity contribution is -0.126. The molecule has 0 bridgehead atoms. The Kier molecular flexibility index (Phi) is 6.20. The molecule has 212 valence electrons. The summed E-state index contributed by atoms with van der Waals surface area (Å²) in [5.74, 6) is -5.00. The Morgan fingerprint density at radius 1 is 0.762 bits per heavy atom. The number of hydrogen-bond donors (Lipinski definition) is 1. The van der Waals surface area contributed by atoms with Gasteiger partial charge in [0.2, 0.25) is 23.6 Å². The molecule has 0 radical (unpaired) electrons. The number of imide groups is 2. The van der Waals surface area contributed by atoms with Crippen molar-refractivity contribution in [3.63, 3.8) is 0 Å². The first kappa shape index (κ1) is 26.5. The van der Waals surface area contributed by atoms with E-state index in [9.17, 15) is 24.3 Å². The Morgan fingerprint density at radius 3 is 1.93 bits per heavy atom. The number of phenolic OH excluding ortho intramolecular Hbond substituents is 1. The Labute approximate surface area is 247 Å². The van der Waals surface area contributed by atoms with Gasteiger partial charge in [-0.25, -0.2) is 0 Å². The van der Waals surface area contributed by atoms with E-state index in [2.05, 4.69) is 0 Å². The summed E-state index contributed by atoms with van der Waals surface area (Å²) in [5, 5.41) is 10.5. The average Bonchev–Trinajstić information content (AvgIpc) is 3.41. The van der Waals surface area contributed by atoms with Gasteiger partial charge in [0, 0.05) is 5.92 Å². The molecule has 6 unspecified atom stereocenters. The van der Waals surface area contributed by atoms with Crippen LogP contribution in [0, 0.1) is 29.6 Å². The minimum atomic E-state index is -0.750. The number of hydrogen-bond acceptors (Lipinski definition) is 6. The maximum Gasteiger partial charge on any atom is 0.238 e. The van der Waals surface area contributed by atoms with Crippen molar-refractivity contribution in [3.05, 3.63) is 95.0 Å². The first-order valence-electron chi connectivity index (χ1n) is 13.9. The fourth-order valence-corrected chi connectivity index (χ4v) is 7.77. The number of nitrogens with zero attached hydrogens (tertiary/aromatic N) is 2. The lowest BCUT2D eigenvalue weighted by atomic mass is 9.57. The van der Waals surface area contributed by atoms with Crippen molar-refractivity contribution in [2.75, 3.05) is 16.9 Å². The topological polar surface area (TPSA) is 104 Å². The number of phenols is 1. The number of anilines is 2. The normalized spacial score (nSPS) is 28.4. The Hall–Kier alpha value is -4.43. The van der Waals surface area contributed by atoms with Gasteiger partial charge in [-0.1, -0.05) is 59.6 Å². The van der Waals surface area contributed by atoms with Crippen LogP contribution in [0.5, 0.6) is 11.5 Å². The van der Waals surface area contributed by atoms with Crippen molar-refractivity contribution in [1.82, 2.24) is 0 Å². The minimum absolute atomic E-state index is 0.0522. The van der Waals surface area contributed by atoms with Crippen LogP contribution in [0.25, 0.3) is 0 Å². The third kappa shape index (κ3) is 3.74. The van der Waals surface area contributed by atoms with Crippen molar-refractivity contribution in [2.45, 2.75) is 18.8 Å². The number of benzene rings is 3. The third-order valence-electron chi connectivity index (χ3n) is 9.31. The molecule has 1 saturated carbocycles. The van der Waals surface area contributed by atoms with E-state index in [1.54, 1.807) is 60.7 Å². The number of rotatable bonds is 4. The molecule has 42 heavy (non-hydrogen) atoms. The highest BCUT2D eigenvalue weighted by Crippen LogP contribution is 2.59. The van der Waals surface area contributed by atoms with Crippen molar-refractivity contribution < 1.29 is 29.0 Å². The van der Waals surface area contributed by atoms with Gasteiger partial charge in [-0.3, -0.25) is 29.0 Å². The van der Waals surface area contributed by atoms with E-state index in [1.807, 2.05) is 18.2 Å². The molecule has 4 amide bonds. The average molecular weight is 583 g/mol. The monoisotopic (exact) mass is 582 g/mol. The summed E-state index contributed by atoms with van der Waals surface area (Å²) in [6.07, 6.45) is 2.58. The Morgan fingerprint density at radius 2 is 1.33 bits per heavy atom. The maximum atomic E-state index is 14.1. The van der Waals surface area contributed by atoms with Gasteiger partial charge in [0.15, 0.2) is 11.5 Å². The van der Waals surface area contributed by atoms with Crippen molar-refractivity contribution in [2.24, 2.45) is 29.6 Å². The molecule has 2 aliphatic heterocycles. The number of carbonyl (C=O) groups is 4. The third-order valence-corrected chi connectivity index (χ3v) is 9.60. The second-order valence-corrected chi connectivity index (χ2v) is 11.7. The van der Waals surface area contributed by atoms with Gasteiger partial charge in [0.1, 0.15) is 0 Å². The molecular formula is C33H27ClN2O6. The summed E-state index contributed by atoms with van der Waals surface area (Å²) in [4.78, 5) is 58.3. The number of methoxy groups -OCH3 is 1. The predicted molar refractivity (Wildman–Crippen MR) is 155 cm³/mol. The lowest BCUT2D eigenvalue weighted by Crippen LogP contribution is -2.43. The van der Waals surface area contributed by atoms with Crippen LogP contribution in [0.2, 0.25) is 5.02 Å². The van der Waals surface area contributed by atoms with Crippen LogP contribution in [-0.4, -0.2) is 35.8 Å². The summed E-state index contributed by atoms with van der Waals surface area (Å²) in [5.41, 5.74) is 2.45. The zero-order chi connectivity index (χ0) is 29.3. The number of halogens is 1. The van der Waals surface area contributed by atoms with Gasteiger partial charge in [0.05, 0.1) is 47.2 Å². The molecule has 3 aromatic carbocycles. The van der Waals surface area contributed by atoms with Crippen molar-refractivity contribution in [3.8, 4) is 11.5 Å². The van der Waals surface area contributed by atoms with Gasteiger partial charge in [-0.2, -0.15) is 0 Å². The number of carbonyl (C=O) groups excluding carboxylic acids is 4. The molecule has 3 fully saturated rings. The van der Waals surface area contributed by atoms with E-state index in [1.165, 1.54) is 16.9 Å². The van der Waals surface area contributed by atoms with Crippen molar-refractivity contribution in [1.29, 1.82) is 0 Å². The smallest absolute Gasteiger partial charge is 0.238 e. The largest absolute Gasteiger partial charge is 0.503 e. The number of aromatic hydroxyl groups is 1. The number of amides is 4. The highest BCUT2D eigenvalue weighted by atomic mass is 35.5. The summed E-state index contributed by atoms with van der Waals surface area (Å²) in [6, 6.07) is 20.9. The number of para-hydroxylation sites is 2. The highest BCUT2D eigenvalue weighted by molar-refractivity contribution is 6.32. The molecule has 4 aliphatic rings. The SMILES string of the molecule is COc1cc(C2C3=CCC4C(=O)N(c5ccccc5)C(=O)C4C3CC3C(=O)N(c4ccccc4)C(=O)C32)cc(Cl)c1O. The zero-order valence-corrected chi connectivity index (χ0v) is 23.4. The van der Waals surface area contributed by atoms with Gasteiger partial charge >= 0.3 is 0 Å². The number of fused-ring (bicyclic) bond motifs is 4. The Balaban J connectivity index is 1.37. The van der Waals surface area contributed by atoms with Gasteiger partial charge in [-0.15, -0.1) is 0 Å². The van der Waals surface area contributed by atoms with Crippen LogP contribution in [0.1, 0.15) is 24.3 Å². The molecule has 9 heteroatoms. The molecule has 0 aromatic heterocycles. The quantitative estimate of drug-likeness (QED) is 0.339. The van der Waals surface area contributed by atoms with Crippen LogP contribution in [0.15, 0.2) is 84.4 Å². The first-order chi connectivity index (χ1) is 20.3. The van der Waals surface area contributed by atoms with Gasteiger partial charge < -0.3 is 9.84 Å². The zero-order valence-electron chi connectivity index (χ0n) is 22.6. The van der Waals surface area contributed by atoms with Crippen LogP contribution >= 0.6 is 11.6 Å². The van der Waals surface area contributed by atoms with Crippen molar-refractivity contribution >= 4 is 46.6 Å². The number of ether oxygens (including phenoxy) is 1. The van der Waals surface area contributed by atoms with E-state index in [0.29, 0.717) is 23.4 Å². The summed E-state index contributed by atoms with van der Waals surface area (Å²) in [7, 11) is 1.41. The molecular weight excluding hydrogens is 556 g/mol. The molecule has 0 spiro atoms.